The first kappa shape index (κ1) is 15.0. The van der Waals surface area contributed by atoms with Crippen molar-refractivity contribution < 1.29 is 9.84 Å². The Balaban J connectivity index is 2.02. The molecule has 0 spiro atoms. The van der Waals surface area contributed by atoms with Crippen LogP contribution >= 0.6 is 0 Å². The summed E-state index contributed by atoms with van der Waals surface area (Å²) in [5.74, 6) is 0.717. The van der Waals surface area contributed by atoms with Gasteiger partial charge in [0.15, 0.2) is 0 Å². The number of nitrogens with one attached hydrogen (secondary N) is 1. The number of ether oxygens (including phenoxy) is 1. The smallest absolute Gasteiger partial charge is 0.144 e. The maximum Gasteiger partial charge on any atom is 0.144 e. The SMILES string of the molecule is CC(C)Oc1cc(NCC2(CO)CCCC2)ccc1N. The van der Waals surface area contributed by atoms with Gasteiger partial charge in [-0.2, -0.15) is 0 Å². The molecule has 1 aliphatic carbocycles. The van der Waals surface area contributed by atoms with Crippen LogP contribution in [0.3, 0.4) is 0 Å². The maximum absolute atomic E-state index is 9.63. The highest BCUT2D eigenvalue weighted by atomic mass is 16.5. The summed E-state index contributed by atoms with van der Waals surface area (Å²) in [7, 11) is 0. The molecule has 4 N–H and O–H groups in total. The van der Waals surface area contributed by atoms with Gasteiger partial charge in [-0.3, -0.25) is 0 Å². The van der Waals surface area contributed by atoms with E-state index in [9.17, 15) is 5.11 Å². The van der Waals surface area contributed by atoms with E-state index in [1.54, 1.807) is 0 Å². The minimum Gasteiger partial charge on any atom is -0.489 e. The summed E-state index contributed by atoms with van der Waals surface area (Å²) in [4.78, 5) is 0. The number of benzene rings is 1. The molecule has 2 rings (SSSR count). The first-order valence-corrected chi connectivity index (χ1v) is 7.46. The van der Waals surface area contributed by atoms with Crippen molar-refractivity contribution >= 4 is 11.4 Å². The van der Waals surface area contributed by atoms with Crippen molar-refractivity contribution in [2.75, 3.05) is 24.2 Å². The Labute approximate surface area is 121 Å². The van der Waals surface area contributed by atoms with E-state index in [1.165, 1.54) is 12.8 Å². The molecule has 0 aliphatic heterocycles. The summed E-state index contributed by atoms with van der Waals surface area (Å²) in [5, 5.41) is 13.1. The molecule has 0 atom stereocenters. The summed E-state index contributed by atoms with van der Waals surface area (Å²) >= 11 is 0. The molecule has 0 radical (unpaired) electrons. The third-order valence-corrected chi connectivity index (χ3v) is 4.04. The molecular weight excluding hydrogens is 252 g/mol. The first-order valence-electron chi connectivity index (χ1n) is 7.46. The number of aliphatic hydroxyl groups is 1. The van der Waals surface area contributed by atoms with Gasteiger partial charge in [-0.1, -0.05) is 12.8 Å². The van der Waals surface area contributed by atoms with Gasteiger partial charge in [-0.25, -0.2) is 0 Å². The van der Waals surface area contributed by atoms with Crippen LogP contribution in [0.1, 0.15) is 39.5 Å². The second-order valence-corrected chi connectivity index (χ2v) is 6.14. The zero-order chi connectivity index (χ0) is 14.6. The van der Waals surface area contributed by atoms with Crippen LogP contribution < -0.4 is 15.8 Å². The van der Waals surface area contributed by atoms with Crippen molar-refractivity contribution in [1.29, 1.82) is 0 Å². The molecule has 0 saturated heterocycles. The second-order valence-electron chi connectivity index (χ2n) is 6.14. The largest absolute Gasteiger partial charge is 0.489 e. The van der Waals surface area contributed by atoms with Crippen LogP contribution in [0.15, 0.2) is 18.2 Å². The topological polar surface area (TPSA) is 67.5 Å². The molecule has 0 bridgehead atoms. The quantitative estimate of drug-likeness (QED) is 0.700. The number of aliphatic hydroxyl groups excluding tert-OH is 1. The predicted molar refractivity (Wildman–Crippen MR) is 83.1 cm³/mol. The highest BCUT2D eigenvalue weighted by molar-refractivity contribution is 5.61. The molecule has 0 heterocycles. The van der Waals surface area contributed by atoms with E-state index < -0.39 is 0 Å². The van der Waals surface area contributed by atoms with Gasteiger partial charge in [0.25, 0.3) is 0 Å². The molecule has 1 aliphatic rings. The Kier molecular flexibility index (Phi) is 4.76. The third kappa shape index (κ3) is 3.57. The van der Waals surface area contributed by atoms with Crippen molar-refractivity contribution in [2.45, 2.75) is 45.6 Å². The van der Waals surface area contributed by atoms with Crippen LogP contribution in [-0.4, -0.2) is 24.4 Å². The fourth-order valence-electron chi connectivity index (χ4n) is 2.81. The molecule has 0 aromatic heterocycles. The first-order chi connectivity index (χ1) is 9.54. The summed E-state index contributed by atoms with van der Waals surface area (Å²) in [6, 6.07) is 5.76. The lowest BCUT2D eigenvalue weighted by Gasteiger charge is -2.27. The van der Waals surface area contributed by atoms with E-state index in [-0.39, 0.29) is 18.1 Å². The van der Waals surface area contributed by atoms with Crippen LogP contribution in [0.25, 0.3) is 0 Å². The van der Waals surface area contributed by atoms with Crippen LogP contribution in [0.4, 0.5) is 11.4 Å². The summed E-state index contributed by atoms with van der Waals surface area (Å²) < 4.78 is 5.69. The highest BCUT2D eigenvalue weighted by Crippen LogP contribution is 2.38. The normalized spacial score (nSPS) is 17.4. The summed E-state index contributed by atoms with van der Waals surface area (Å²) in [6.07, 6.45) is 4.73. The Bertz CT molecular complexity index is 440. The van der Waals surface area contributed by atoms with Crippen molar-refractivity contribution in [3.05, 3.63) is 18.2 Å². The maximum atomic E-state index is 9.63. The monoisotopic (exact) mass is 278 g/mol. The van der Waals surface area contributed by atoms with E-state index in [2.05, 4.69) is 5.32 Å². The van der Waals surface area contributed by atoms with Gasteiger partial charge in [-0.15, -0.1) is 0 Å². The van der Waals surface area contributed by atoms with Crippen LogP contribution in [-0.2, 0) is 0 Å². The van der Waals surface area contributed by atoms with Crippen LogP contribution in [0.5, 0.6) is 5.75 Å². The van der Waals surface area contributed by atoms with Gasteiger partial charge in [0.1, 0.15) is 5.75 Å². The molecule has 20 heavy (non-hydrogen) atoms. The highest BCUT2D eigenvalue weighted by Gasteiger charge is 2.32. The van der Waals surface area contributed by atoms with Crippen molar-refractivity contribution in [2.24, 2.45) is 5.41 Å². The molecule has 4 heteroatoms. The molecule has 0 amide bonds. The number of hydrogen-bond acceptors (Lipinski definition) is 4. The zero-order valence-corrected chi connectivity index (χ0v) is 12.5. The number of nitrogen functional groups attached to an aromatic ring is 1. The average molecular weight is 278 g/mol. The summed E-state index contributed by atoms with van der Waals surface area (Å²) in [6.45, 7) is 5.02. The minimum absolute atomic E-state index is 0.0421. The lowest BCUT2D eigenvalue weighted by molar-refractivity contribution is 0.142. The van der Waals surface area contributed by atoms with E-state index in [0.717, 1.165) is 30.8 Å². The molecule has 4 nitrogen and oxygen atoms in total. The zero-order valence-electron chi connectivity index (χ0n) is 12.5. The Morgan fingerprint density at radius 3 is 2.65 bits per heavy atom. The molecule has 1 aromatic rings. The third-order valence-electron chi connectivity index (χ3n) is 4.04. The van der Waals surface area contributed by atoms with E-state index in [1.807, 2.05) is 32.0 Å². The average Bonchev–Trinajstić information content (AvgIpc) is 2.89. The molecule has 1 aromatic carbocycles. The van der Waals surface area contributed by atoms with Gasteiger partial charge < -0.3 is 20.9 Å². The van der Waals surface area contributed by atoms with Crippen molar-refractivity contribution in [3.63, 3.8) is 0 Å². The lowest BCUT2D eigenvalue weighted by atomic mass is 9.87. The predicted octanol–water partition coefficient (Wildman–Crippen LogP) is 3.02. The molecule has 1 fully saturated rings. The number of hydrogen-bond donors (Lipinski definition) is 3. The van der Waals surface area contributed by atoms with E-state index in [0.29, 0.717) is 5.69 Å². The van der Waals surface area contributed by atoms with Gasteiger partial charge >= 0.3 is 0 Å². The van der Waals surface area contributed by atoms with Crippen LogP contribution in [0.2, 0.25) is 0 Å². The Hall–Kier alpha value is -1.42. The van der Waals surface area contributed by atoms with Crippen molar-refractivity contribution in [3.8, 4) is 5.75 Å². The standard InChI is InChI=1S/C16H26N2O2/c1-12(2)20-15-9-13(5-6-14(15)17)18-10-16(11-19)7-3-4-8-16/h5-6,9,12,18-19H,3-4,7-8,10-11,17H2,1-2H3. The van der Waals surface area contributed by atoms with Gasteiger partial charge in [0, 0.05) is 23.7 Å². The number of nitrogens with two attached hydrogens (primary N) is 1. The lowest BCUT2D eigenvalue weighted by Crippen LogP contribution is -2.30. The van der Waals surface area contributed by atoms with Crippen LogP contribution in [0, 0.1) is 5.41 Å². The minimum atomic E-state index is 0.0421. The fourth-order valence-corrected chi connectivity index (χ4v) is 2.81. The van der Waals surface area contributed by atoms with Crippen molar-refractivity contribution in [1.82, 2.24) is 0 Å². The van der Waals surface area contributed by atoms with E-state index >= 15 is 0 Å². The second kappa shape index (κ2) is 6.35. The fraction of sp³-hybridized carbons (Fsp3) is 0.625. The molecule has 112 valence electrons. The Morgan fingerprint density at radius 2 is 2.05 bits per heavy atom. The summed E-state index contributed by atoms with van der Waals surface area (Å²) in [5.41, 5.74) is 7.61. The molecular formula is C16H26N2O2. The molecule has 0 unspecified atom stereocenters. The van der Waals surface area contributed by atoms with Gasteiger partial charge in [0.2, 0.25) is 0 Å². The van der Waals surface area contributed by atoms with Gasteiger partial charge in [-0.05, 0) is 38.8 Å². The number of rotatable bonds is 6. The molecule has 1 saturated carbocycles. The van der Waals surface area contributed by atoms with E-state index in [4.69, 9.17) is 10.5 Å². The number of anilines is 2. The Morgan fingerprint density at radius 1 is 1.35 bits per heavy atom. The van der Waals surface area contributed by atoms with Gasteiger partial charge in [0.05, 0.1) is 18.4 Å².